The highest BCUT2D eigenvalue weighted by molar-refractivity contribution is 7.88. The average molecular weight is 424 g/mol. The van der Waals surface area contributed by atoms with Gasteiger partial charge in [0, 0.05) is 52.4 Å². The van der Waals surface area contributed by atoms with Crippen molar-refractivity contribution in [1.29, 1.82) is 0 Å². The van der Waals surface area contributed by atoms with E-state index in [0.29, 0.717) is 50.9 Å². The van der Waals surface area contributed by atoms with E-state index in [2.05, 4.69) is 20.8 Å². The fourth-order valence-corrected chi connectivity index (χ4v) is 4.37. The number of furan rings is 1. The Bertz CT molecular complexity index is 902. The third-order valence-electron chi connectivity index (χ3n) is 4.40. The van der Waals surface area contributed by atoms with Gasteiger partial charge in [0.1, 0.15) is 12.0 Å². The van der Waals surface area contributed by atoms with E-state index in [1.165, 1.54) is 16.8 Å². The Morgan fingerprint density at radius 2 is 1.93 bits per heavy atom. The second-order valence-electron chi connectivity index (χ2n) is 6.34. The number of amides is 1. The summed E-state index contributed by atoms with van der Waals surface area (Å²) < 4.78 is 36.2. The van der Waals surface area contributed by atoms with Crippen LogP contribution in [0, 0.1) is 0 Å². The lowest BCUT2D eigenvalue weighted by Gasteiger charge is -2.35. The van der Waals surface area contributed by atoms with E-state index in [1.807, 2.05) is 4.90 Å². The number of aromatic nitrogens is 1. The first kappa shape index (κ1) is 20.9. The van der Waals surface area contributed by atoms with Crippen molar-refractivity contribution < 1.29 is 22.2 Å². The van der Waals surface area contributed by atoms with Crippen LogP contribution < -0.4 is 10.6 Å². The Labute approximate surface area is 168 Å². The number of guanidine groups is 1. The highest BCUT2D eigenvalue weighted by Gasteiger charge is 2.28. The average Bonchev–Trinajstić information content (AvgIpc) is 3.42. The van der Waals surface area contributed by atoms with Gasteiger partial charge < -0.3 is 24.5 Å². The number of carbonyl (C=O) groups is 1. The molecule has 29 heavy (non-hydrogen) atoms. The van der Waals surface area contributed by atoms with E-state index in [9.17, 15) is 13.2 Å². The van der Waals surface area contributed by atoms with Crippen molar-refractivity contribution >= 4 is 21.9 Å². The maximum atomic E-state index is 12.5. The smallest absolute Gasteiger partial charge is 0.287 e. The number of aliphatic imine (C=N–C) groups is 1. The Morgan fingerprint density at radius 1 is 1.17 bits per heavy atom. The fourth-order valence-electron chi connectivity index (χ4n) is 2.95. The minimum Gasteiger partial charge on any atom is -0.459 e. The first-order chi connectivity index (χ1) is 14.0. The van der Waals surface area contributed by atoms with Gasteiger partial charge in [0.05, 0.1) is 12.0 Å². The largest absolute Gasteiger partial charge is 0.459 e. The summed E-state index contributed by atoms with van der Waals surface area (Å²) in [6.07, 6.45) is 2.80. The normalized spacial score (nSPS) is 16.0. The van der Waals surface area contributed by atoms with Crippen LogP contribution >= 0.6 is 0 Å². The molecule has 0 atom stereocenters. The van der Waals surface area contributed by atoms with Crippen LogP contribution in [0.4, 0.5) is 0 Å². The number of nitrogens with zero attached hydrogens (tertiary/aromatic N) is 4. The summed E-state index contributed by atoms with van der Waals surface area (Å²) in [5, 5.41) is 9.58. The molecule has 2 aromatic heterocycles. The second kappa shape index (κ2) is 9.56. The molecule has 3 rings (SSSR count). The molecule has 1 aliphatic rings. The molecule has 0 radical (unpaired) electrons. The summed E-state index contributed by atoms with van der Waals surface area (Å²) >= 11 is 0. The number of piperazine rings is 1. The molecule has 3 heterocycles. The van der Waals surface area contributed by atoms with Crippen LogP contribution in [0.15, 0.2) is 44.7 Å². The number of rotatable bonds is 7. The molecule has 0 saturated carbocycles. The Morgan fingerprint density at radius 3 is 2.55 bits per heavy atom. The molecule has 0 aromatic carbocycles. The zero-order valence-electron chi connectivity index (χ0n) is 16.1. The van der Waals surface area contributed by atoms with Crippen molar-refractivity contribution in [3.05, 3.63) is 42.2 Å². The molecule has 1 aliphatic heterocycles. The van der Waals surface area contributed by atoms with Gasteiger partial charge >= 0.3 is 0 Å². The van der Waals surface area contributed by atoms with E-state index in [-0.39, 0.29) is 17.4 Å². The molecule has 2 N–H and O–H groups in total. The summed E-state index contributed by atoms with van der Waals surface area (Å²) in [5.41, 5.74) is 0.390. The van der Waals surface area contributed by atoms with Crippen LogP contribution in [-0.4, -0.2) is 81.0 Å². The van der Waals surface area contributed by atoms with Crippen LogP contribution in [-0.2, 0) is 15.8 Å². The second-order valence-corrected chi connectivity index (χ2v) is 8.31. The quantitative estimate of drug-likeness (QED) is 0.352. The van der Waals surface area contributed by atoms with Gasteiger partial charge in [-0.25, -0.2) is 8.42 Å². The van der Waals surface area contributed by atoms with Crippen molar-refractivity contribution in [3.8, 4) is 0 Å². The van der Waals surface area contributed by atoms with Gasteiger partial charge in [-0.05, 0) is 12.1 Å². The van der Waals surface area contributed by atoms with Crippen LogP contribution in [0.25, 0.3) is 0 Å². The Balaban J connectivity index is 1.42. The van der Waals surface area contributed by atoms with E-state index in [0.717, 1.165) is 0 Å². The van der Waals surface area contributed by atoms with Crippen LogP contribution in [0.2, 0.25) is 0 Å². The third-order valence-corrected chi connectivity index (χ3v) is 6.22. The van der Waals surface area contributed by atoms with Crippen molar-refractivity contribution in [2.45, 2.75) is 5.75 Å². The first-order valence-corrected chi connectivity index (χ1v) is 10.7. The predicted octanol–water partition coefficient (Wildman–Crippen LogP) is -0.280. The maximum Gasteiger partial charge on any atom is 0.287 e. The third kappa shape index (κ3) is 5.57. The molecule has 1 saturated heterocycles. The van der Waals surface area contributed by atoms with Crippen LogP contribution in [0.1, 0.15) is 16.2 Å². The zero-order chi connectivity index (χ0) is 20.7. The zero-order valence-corrected chi connectivity index (χ0v) is 16.9. The van der Waals surface area contributed by atoms with Crippen molar-refractivity contribution in [1.82, 2.24) is 25.0 Å². The minimum atomic E-state index is -3.45. The van der Waals surface area contributed by atoms with Crippen molar-refractivity contribution in [2.24, 2.45) is 4.99 Å². The lowest BCUT2D eigenvalue weighted by atomic mass is 10.4. The minimum absolute atomic E-state index is 0.175. The SMILES string of the molecule is CN=C(NCCNC(=O)c1ccco1)N1CCN(S(=O)(=O)Cc2ccon2)CC1. The highest BCUT2D eigenvalue weighted by atomic mass is 32.2. The van der Waals surface area contributed by atoms with Gasteiger partial charge in [0.25, 0.3) is 5.91 Å². The number of nitrogens with one attached hydrogen (secondary N) is 2. The molecular formula is C17H24N6O5S. The van der Waals surface area contributed by atoms with E-state index in [4.69, 9.17) is 8.94 Å². The summed E-state index contributed by atoms with van der Waals surface area (Å²) in [7, 11) is -1.78. The maximum absolute atomic E-state index is 12.5. The van der Waals surface area contributed by atoms with Gasteiger partial charge in [0.2, 0.25) is 10.0 Å². The summed E-state index contributed by atoms with van der Waals surface area (Å²) in [4.78, 5) is 18.0. The predicted molar refractivity (Wildman–Crippen MR) is 105 cm³/mol. The lowest BCUT2D eigenvalue weighted by molar-refractivity contribution is 0.0926. The van der Waals surface area contributed by atoms with Crippen LogP contribution in [0.5, 0.6) is 0 Å². The first-order valence-electron chi connectivity index (χ1n) is 9.14. The molecule has 2 aromatic rings. The molecule has 11 nitrogen and oxygen atoms in total. The highest BCUT2D eigenvalue weighted by Crippen LogP contribution is 2.12. The molecule has 0 spiro atoms. The number of sulfonamides is 1. The number of hydrogen-bond donors (Lipinski definition) is 2. The lowest BCUT2D eigenvalue weighted by Crippen LogP contribution is -2.54. The summed E-state index contributed by atoms with van der Waals surface area (Å²) in [5.74, 6) is 0.465. The van der Waals surface area contributed by atoms with Crippen molar-refractivity contribution in [2.75, 3.05) is 46.3 Å². The Kier molecular flexibility index (Phi) is 6.88. The molecule has 0 bridgehead atoms. The molecular weight excluding hydrogens is 400 g/mol. The summed E-state index contributed by atoms with van der Waals surface area (Å²) in [6, 6.07) is 4.79. The number of carbonyl (C=O) groups excluding carboxylic acids is 1. The molecule has 1 fully saturated rings. The van der Waals surface area contributed by atoms with Gasteiger partial charge in [-0.3, -0.25) is 9.79 Å². The van der Waals surface area contributed by atoms with Crippen LogP contribution in [0.3, 0.4) is 0 Å². The van der Waals surface area contributed by atoms with Gasteiger partial charge in [-0.2, -0.15) is 4.31 Å². The van der Waals surface area contributed by atoms with E-state index in [1.54, 1.807) is 25.2 Å². The van der Waals surface area contributed by atoms with E-state index < -0.39 is 10.0 Å². The molecule has 158 valence electrons. The molecule has 0 unspecified atom stereocenters. The summed E-state index contributed by atoms with van der Waals surface area (Å²) in [6.45, 7) is 2.60. The van der Waals surface area contributed by atoms with Gasteiger partial charge in [0.15, 0.2) is 11.7 Å². The standard InChI is InChI=1S/C17H24N6O5S/c1-18-17(20-6-5-19-16(24)15-3-2-11-27-15)22-7-9-23(10-8-22)29(25,26)13-14-4-12-28-21-14/h2-4,11-12H,5-10,13H2,1H3,(H,18,20)(H,19,24). The molecule has 1 amide bonds. The monoisotopic (exact) mass is 424 g/mol. The number of hydrogen-bond acceptors (Lipinski definition) is 7. The molecule has 12 heteroatoms. The molecule has 0 aliphatic carbocycles. The Hall–Kier alpha value is -2.86. The fraction of sp³-hybridized carbons (Fsp3) is 0.471. The van der Waals surface area contributed by atoms with E-state index >= 15 is 0 Å². The van der Waals surface area contributed by atoms with Crippen molar-refractivity contribution in [3.63, 3.8) is 0 Å². The topological polar surface area (TPSA) is 133 Å². The van der Waals surface area contributed by atoms with Gasteiger partial charge in [-0.1, -0.05) is 5.16 Å². The van der Waals surface area contributed by atoms with Gasteiger partial charge in [-0.15, -0.1) is 0 Å².